The van der Waals surface area contributed by atoms with Gasteiger partial charge in [-0.3, -0.25) is 4.79 Å². The first kappa shape index (κ1) is 30.7. The Bertz CT molecular complexity index is 407. The SMILES string of the molecule is C=CCC.CC.O=CO.OCCOc1ccc(C2CCCCC2)cc1.PS. The van der Waals surface area contributed by atoms with Crippen LogP contribution in [0.5, 0.6) is 5.75 Å². The predicted octanol–water partition coefficient (Wildman–Crippen LogP) is 6.12. The summed E-state index contributed by atoms with van der Waals surface area (Å²) in [7, 11) is 2.11. The Balaban J connectivity index is -0.000000441. The van der Waals surface area contributed by atoms with Gasteiger partial charge >= 0.3 is 0 Å². The van der Waals surface area contributed by atoms with Crippen LogP contribution in [0.3, 0.4) is 0 Å². The number of carboxylic acid groups (broad SMARTS) is 1. The average molecular weight is 419 g/mol. The van der Waals surface area contributed by atoms with Gasteiger partial charge in [0.25, 0.3) is 6.47 Å². The molecule has 0 saturated heterocycles. The van der Waals surface area contributed by atoms with E-state index < -0.39 is 0 Å². The number of thiol groups is 1. The zero-order valence-corrected chi connectivity index (χ0v) is 19.2. The highest BCUT2D eigenvalue weighted by molar-refractivity contribution is 8.31. The van der Waals surface area contributed by atoms with Crippen LogP contribution < -0.4 is 4.74 Å². The van der Waals surface area contributed by atoms with Gasteiger partial charge in [-0.05, 0) is 42.9 Å². The van der Waals surface area contributed by atoms with E-state index in [4.69, 9.17) is 19.7 Å². The summed E-state index contributed by atoms with van der Waals surface area (Å²) in [5, 5.41) is 15.5. The Morgan fingerprint density at radius 1 is 1.19 bits per heavy atom. The minimum Gasteiger partial charge on any atom is -0.491 e. The van der Waals surface area contributed by atoms with Crippen molar-refractivity contribution in [2.45, 2.75) is 65.2 Å². The van der Waals surface area contributed by atoms with E-state index in [1.165, 1.54) is 37.7 Å². The summed E-state index contributed by atoms with van der Waals surface area (Å²) in [6.07, 6.45) is 9.75. The summed E-state index contributed by atoms with van der Waals surface area (Å²) < 4.78 is 5.35. The second-order valence-corrected chi connectivity index (χ2v) is 5.28. The number of aliphatic hydroxyl groups is 1. The topological polar surface area (TPSA) is 66.8 Å². The molecular weight excluding hydrogens is 379 g/mol. The fourth-order valence-electron chi connectivity index (χ4n) is 2.44. The molecule has 1 saturated carbocycles. The van der Waals surface area contributed by atoms with Gasteiger partial charge in [0.1, 0.15) is 12.4 Å². The van der Waals surface area contributed by atoms with Crippen LogP contribution in [0.25, 0.3) is 0 Å². The molecule has 2 rings (SSSR count). The van der Waals surface area contributed by atoms with Gasteiger partial charge in [0.15, 0.2) is 0 Å². The van der Waals surface area contributed by atoms with Crippen LogP contribution in [0.1, 0.15) is 70.8 Å². The van der Waals surface area contributed by atoms with Crippen molar-refractivity contribution in [2.75, 3.05) is 13.2 Å². The van der Waals surface area contributed by atoms with Crippen molar-refractivity contribution in [2.24, 2.45) is 0 Å². The van der Waals surface area contributed by atoms with E-state index in [2.05, 4.69) is 46.3 Å². The minimum absolute atomic E-state index is 0.0738. The molecule has 1 aliphatic carbocycles. The van der Waals surface area contributed by atoms with E-state index >= 15 is 0 Å². The van der Waals surface area contributed by atoms with Gasteiger partial charge in [0, 0.05) is 0 Å². The number of carbonyl (C=O) groups is 1. The van der Waals surface area contributed by atoms with Gasteiger partial charge < -0.3 is 14.9 Å². The molecular formula is C21H39O4PS. The lowest BCUT2D eigenvalue weighted by Crippen LogP contribution is -2.05. The van der Waals surface area contributed by atoms with Crippen molar-refractivity contribution in [1.29, 1.82) is 0 Å². The Kier molecular flexibility index (Phi) is 30.9. The second kappa shape index (κ2) is 27.2. The summed E-state index contributed by atoms with van der Waals surface area (Å²) in [5.74, 6) is 1.61. The lowest BCUT2D eigenvalue weighted by molar-refractivity contribution is -0.122. The van der Waals surface area contributed by atoms with Crippen LogP contribution in [0.2, 0.25) is 0 Å². The summed E-state index contributed by atoms with van der Waals surface area (Å²) in [4.78, 5) is 8.36. The molecule has 1 atom stereocenters. The molecule has 2 N–H and O–H groups in total. The molecule has 0 heterocycles. The van der Waals surface area contributed by atoms with Crippen molar-refractivity contribution in [3.8, 4) is 5.75 Å². The molecule has 1 fully saturated rings. The van der Waals surface area contributed by atoms with E-state index in [0.717, 1.165) is 18.1 Å². The summed E-state index contributed by atoms with van der Waals surface area (Å²) >= 11 is 3.44. The molecule has 1 aliphatic rings. The fraction of sp³-hybridized carbons (Fsp3) is 0.571. The highest BCUT2D eigenvalue weighted by atomic mass is 32.7. The van der Waals surface area contributed by atoms with Gasteiger partial charge in [-0.1, -0.05) is 66.7 Å². The van der Waals surface area contributed by atoms with Crippen molar-refractivity contribution >= 4 is 27.2 Å². The zero-order valence-electron chi connectivity index (χ0n) is 17.1. The first-order chi connectivity index (χ1) is 13.2. The summed E-state index contributed by atoms with van der Waals surface area (Å²) in [6, 6.07) is 8.37. The number of hydrogen-bond donors (Lipinski definition) is 3. The Morgan fingerprint density at radius 2 is 1.63 bits per heavy atom. The molecule has 0 amide bonds. The smallest absolute Gasteiger partial charge is 0.290 e. The highest BCUT2D eigenvalue weighted by Gasteiger charge is 2.14. The van der Waals surface area contributed by atoms with Crippen molar-refractivity contribution in [1.82, 2.24) is 0 Å². The molecule has 0 bridgehead atoms. The maximum Gasteiger partial charge on any atom is 0.290 e. The van der Waals surface area contributed by atoms with E-state index in [1.807, 2.05) is 32.1 Å². The molecule has 0 aliphatic heterocycles. The number of aliphatic hydroxyl groups excluding tert-OH is 1. The van der Waals surface area contributed by atoms with Gasteiger partial charge in [0.2, 0.25) is 0 Å². The van der Waals surface area contributed by atoms with E-state index in [1.54, 1.807) is 0 Å². The Morgan fingerprint density at radius 3 is 2.00 bits per heavy atom. The monoisotopic (exact) mass is 418 g/mol. The third kappa shape index (κ3) is 19.5. The van der Waals surface area contributed by atoms with E-state index in [-0.39, 0.29) is 13.1 Å². The van der Waals surface area contributed by atoms with Crippen molar-refractivity contribution in [3.05, 3.63) is 42.5 Å². The molecule has 4 nitrogen and oxygen atoms in total. The zero-order chi connectivity index (χ0) is 21.3. The molecule has 27 heavy (non-hydrogen) atoms. The lowest BCUT2D eigenvalue weighted by atomic mass is 9.84. The van der Waals surface area contributed by atoms with Crippen LogP contribution in [0, 0.1) is 0 Å². The molecule has 1 aromatic carbocycles. The number of benzene rings is 1. The van der Waals surface area contributed by atoms with E-state index in [0.29, 0.717) is 6.61 Å². The van der Waals surface area contributed by atoms with Gasteiger partial charge in [-0.2, -0.15) is 12.2 Å². The quantitative estimate of drug-likeness (QED) is 0.233. The highest BCUT2D eigenvalue weighted by Crippen LogP contribution is 2.33. The third-order valence-electron chi connectivity index (χ3n) is 3.61. The Labute approximate surface area is 173 Å². The second-order valence-electron chi connectivity index (χ2n) is 5.28. The van der Waals surface area contributed by atoms with Gasteiger partial charge in [0.05, 0.1) is 6.61 Å². The maximum absolute atomic E-state index is 8.66. The van der Waals surface area contributed by atoms with Gasteiger partial charge in [-0.15, -0.1) is 6.58 Å². The average Bonchev–Trinajstić information content (AvgIpc) is 2.77. The largest absolute Gasteiger partial charge is 0.491 e. The minimum atomic E-state index is -0.250. The third-order valence-corrected chi connectivity index (χ3v) is 3.61. The number of rotatable bonds is 5. The van der Waals surface area contributed by atoms with Gasteiger partial charge in [-0.25, -0.2) is 0 Å². The molecule has 0 aromatic heterocycles. The van der Waals surface area contributed by atoms with Crippen LogP contribution in [-0.2, 0) is 4.79 Å². The van der Waals surface area contributed by atoms with Crippen LogP contribution in [0.4, 0.5) is 0 Å². The lowest BCUT2D eigenvalue weighted by Gasteiger charge is -2.22. The van der Waals surface area contributed by atoms with E-state index in [9.17, 15) is 0 Å². The number of allylic oxidation sites excluding steroid dienone is 1. The normalized spacial score (nSPS) is 12.1. The molecule has 0 radical (unpaired) electrons. The summed E-state index contributed by atoms with van der Waals surface area (Å²) in [5.41, 5.74) is 1.44. The predicted molar refractivity (Wildman–Crippen MR) is 124 cm³/mol. The molecule has 1 unspecified atom stereocenters. The molecule has 6 heteroatoms. The first-order valence-electron chi connectivity index (χ1n) is 9.51. The molecule has 0 spiro atoms. The van der Waals surface area contributed by atoms with Crippen molar-refractivity contribution < 1.29 is 19.7 Å². The van der Waals surface area contributed by atoms with Crippen molar-refractivity contribution in [3.63, 3.8) is 0 Å². The molecule has 1 aromatic rings. The number of ether oxygens (including phenoxy) is 1. The Hall–Kier alpha value is -1.03. The molecule has 158 valence electrons. The first-order valence-corrected chi connectivity index (χ1v) is 11.6. The maximum atomic E-state index is 8.66. The fourth-order valence-corrected chi connectivity index (χ4v) is 2.44. The van der Waals surface area contributed by atoms with Crippen LogP contribution in [0.15, 0.2) is 36.9 Å². The number of hydrogen-bond acceptors (Lipinski definition) is 4. The standard InChI is InChI=1S/C14H20O2.C4H8.C2H6.CH2O2.H3PS/c15-10-11-16-14-8-6-13(7-9-14)12-4-2-1-3-5-12;1-3-4-2;1-2;2-1-3;1-2/h6-9,12,15H,1-5,10-11H2;3H,1,4H2,2H3;1-2H3;1H,(H,2,3);2H,1H2. The van der Waals surface area contributed by atoms with Crippen LogP contribution in [-0.4, -0.2) is 29.9 Å². The summed E-state index contributed by atoms with van der Waals surface area (Å²) in [6.45, 7) is 9.74. The van der Waals surface area contributed by atoms with Crippen LogP contribution >= 0.6 is 20.7 Å².